The number of carbonyl (C=O) groups excluding carboxylic acids is 1. The quantitative estimate of drug-likeness (QED) is 0.776. The highest BCUT2D eigenvalue weighted by molar-refractivity contribution is 7.80. The first-order chi connectivity index (χ1) is 13.0. The molecule has 1 N–H and O–H groups in total. The molecule has 27 heavy (non-hydrogen) atoms. The van der Waals surface area contributed by atoms with Crippen LogP contribution >= 0.6 is 23.8 Å². The molecule has 2 aliphatic rings. The van der Waals surface area contributed by atoms with Crippen molar-refractivity contribution in [2.45, 2.75) is 32.6 Å². The molecule has 0 atom stereocenters. The van der Waals surface area contributed by atoms with E-state index in [0.29, 0.717) is 11.7 Å². The Labute approximate surface area is 172 Å². The average Bonchev–Trinajstić information content (AvgIpc) is 2.95. The Balaban J connectivity index is 1.44. The molecule has 0 unspecified atom stereocenters. The van der Waals surface area contributed by atoms with Crippen LogP contribution in [0.1, 0.15) is 31.2 Å². The summed E-state index contributed by atoms with van der Waals surface area (Å²) < 4.78 is 0. The predicted molar refractivity (Wildman–Crippen MR) is 115 cm³/mol. The van der Waals surface area contributed by atoms with Gasteiger partial charge in [0.1, 0.15) is 0 Å². The summed E-state index contributed by atoms with van der Waals surface area (Å²) in [4.78, 5) is 19.0. The van der Waals surface area contributed by atoms with Gasteiger partial charge in [0.2, 0.25) is 5.91 Å². The minimum absolute atomic E-state index is 0.278. The number of nitrogens with zero attached hydrogens (tertiary/aromatic N) is 3. The number of hydrogen-bond acceptors (Lipinski definition) is 3. The lowest BCUT2D eigenvalue weighted by Crippen LogP contribution is -2.52. The Bertz CT molecular complexity index is 668. The van der Waals surface area contributed by atoms with E-state index in [1.54, 1.807) is 0 Å². The topological polar surface area (TPSA) is 38.8 Å². The average molecular weight is 409 g/mol. The van der Waals surface area contributed by atoms with E-state index in [0.717, 1.165) is 68.4 Å². The second kappa shape index (κ2) is 9.71. The number of amides is 1. The Morgan fingerprint density at radius 1 is 1.04 bits per heavy atom. The minimum Gasteiger partial charge on any atom is -0.346 e. The monoisotopic (exact) mass is 408 g/mol. The molecule has 0 saturated carbocycles. The molecule has 0 radical (unpaired) electrons. The zero-order valence-electron chi connectivity index (χ0n) is 16.0. The maximum atomic E-state index is 12.6. The number of hydrogen-bond donors (Lipinski definition) is 1. The number of likely N-dealkylation sites (tertiary alicyclic amines) is 1. The van der Waals surface area contributed by atoms with E-state index in [1.165, 1.54) is 12.8 Å². The SMILES string of the molecule is Cc1ccc(NC(=S)N2CCN(CC(=O)N3CCCCCC3)CC2)cc1Cl. The van der Waals surface area contributed by atoms with Crippen molar-refractivity contribution < 1.29 is 4.79 Å². The van der Waals surface area contributed by atoms with Gasteiger partial charge in [0.25, 0.3) is 0 Å². The summed E-state index contributed by atoms with van der Waals surface area (Å²) in [6.45, 7) is 7.74. The Hall–Kier alpha value is -1.37. The molecule has 1 aromatic carbocycles. The number of piperazine rings is 1. The lowest BCUT2D eigenvalue weighted by atomic mass is 10.2. The second-order valence-corrected chi connectivity index (χ2v) is 8.25. The van der Waals surface area contributed by atoms with Crippen molar-refractivity contribution in [1.82, 2.24) is 14.7 Å². The van der Waals surface area contributed by atoms with E-state index in [4.69, 9.17) is 23.8 Å². The molecule has 2 heterocycles. The van der Waals surface area contributed by atoms with Gasteiger partial charge in [-0.25, -0.2) is 0 Å². The van der Waals surface area contributed by atoms with Crippen molar-refractivity contribution in [3.8, 4) is 0 Å². The Kier molecular flexibility index (Phi) is 7.33. The van der Waals surface area contributed by atoms with Gasteiger partial charge in [-0.3, -0.25) is 9.69 Å². The first kappa shape index (κ1) is 20.4. The molecule has 1 aromatic rings. The van der Waals surface area contributed by atoms with Crippen molar-refractivity contribution in [1.29, 1.82) is 0 Å². The van der Waals surface area contributed by atoms with Gasteiger partial charge < -0.3 is 15.1 Å². The first-order valence-electron chi connectivity index (χ1n) is 9.85. The van der Waals surface area contributed by atoms with Gasteiger partial charge >= 0.3 is 0 Å². The molecule has 2 fully saturated rings. The maximum absolute atomic E-state index is 12.6. The molecule has 0 aromatic heterocycles. The highest BCUT2D eigenvalue weighted by Gasteiger charge is 2.23. The van der Waals surface area contributed by atoms with Crippen molar-refractivity contribution in [2.24, 2.45) is 0 Å². The van der Waals surface area contributed by atoms with Crippen LogP contribution in [0, 0.1) is 6.92 Å². The molecular weight excluding hydrogens is 380 g/mol. The second-order valence-electron chi connectivity index (χ2n) is 7.45. The standard InChI is InChI=1S/C20H29ClN4OS/c1-16-6-7-17(14-18(16)21)22-20(27)25-12-10-23(11-13-25)15-19(26)24-8-4-2-3-5-9-24/h6-7,14H,2-5,8-13,15H2,1H3,(H,22,27). The molecule has 5 nitrogen and oxygen atoms in total. The van der Waals surface area contributed by atoms with Crippen LogP contribution in [0.25, 0.3) is 0 Å². The van der Waals surface area contributed by atoms with Gasteiger partial charge in [-0.05, 0) is 49.7 Å². The van der Waals surface area contributed by atoms with Crippen LogP contribution < -0.4 is 5.32 Å². The van der Waals surface area contributed by atoms with E-state index < -0.39 is 0 Å². The zero-order chi connectivity index (χ0) is 19.2. The summed E-state index contributed by atoms with van der Waals surface area (Å²) in [6.07, 6.45) is 4.78. The first-order valence-corrected chi connectivity index (χ1v) is 10.6. The lowest BCUT2D eigenvalue weighted by Gasteiger charge is -2.36. The van der Waals surface area contributed by atoms with E-state index in [9.17, 15) is 4.79 Å². The fourth-order valence-electron chi connectivity index (χ4n) is 3.59. The van der Waals surface area contributed by atoms with Gasteiger partial charge in [0, 0.05) is 50.0 Å². The fourth-order valence-corrected chi connectivity index (χ4v) is 4.07. The van der Waals surface area contributed by atoms with E-state index in [1.807, 2.05) is 30.0 Å². The summed E-state index contributed by atoms with van der Waals surface area (Å²) in [5.41, 5.74) is 1.96. The van der Waals surface area contributed by atoms with Gasteiger partial charge in [-0.2, -0.15) is 0 Å². The van der Waals surface area contributed by atoms with Gasteiger partial charge in [0.05, 0.1) is 6.54 Å². The maximum Gasteiger partial charge on any atom is 0.236 e. The van der Waals surface area contributed by atoms with E-state index >= 15 is 0 Å². The third-order valence-corrected chi connectivity index (χ3v) is 6.17. The van der Waals surface area contributed by atoms with Crippen molar-refractivity contribution in [3.05, 3.63) is 28.8 Å². The van der Waals surface area contributed by atoms with Crippen LogP contribution in [0.15, 0.2) is 18.2 Å². The van der Waals surface area contributed by atoms with Gasteiger partial charge in [-0.15, -0.1) is 0 Å². The molecule has 0 bridgehead atoms. The van der Waals surface area contributed by atoms with E-state index in [2.05, 4.69) is 15.1 Å². The summed E-state index contributed by atoms with van der Waals surface area (Å²) >= 11 is 11.7. The number of carbonyl (C=O) groups is 1. The van der Waals surface area contributed by atoms with Crippen LogP contribution in [0.3, 0.4) is 0 Å². The van der Waals surface area contributed by atoms with Crippen LogP contribution in [-0.2, 0) is 4.79 Å². The Morgan fingerprint density at radius 2 is 1.70 bits per heavy atom. The molecule has 148 valence electrons. The molecule has 2 saturated heterocycles. The highest BCUT2D eigenvalue weighted by atomic mass is 35.5. The van der Waals surface area contributed by atoms with Crippen molar-refractivity contribution in [3.63, 3.8) is 0 Å². The van der Waals surface area contributed by atoms with Crippen molar-refractivity contribution in [2.75, 3.05) is 51.1 Å². The van der Waals surface area contributed by atoms with Crippen LogP contribution in [0.5, 0.6) is 0 Å². The van der Waals surface area contributed by atoms with E-state index in [-0.39, 0.29) is 5.91 Å². The molecular formula is C20H29ClN4OS. The third-order valence-electron chi connectivity index (χ3n) is 5.40. The third kappa shape index (κ3) is 5.80. The highest BCUT2D eigenvalue weighted by Crippen LogP contribution is 2.20. The molecule has 1 amide bonds. The van der Waals surface area contributed by atoms with Gasteiger partial charge in [-0.1, -0.05) is 30.5 Å². The van der Waals surface area contributed by atoms with Crippen LogP contribution in [0.2, 0.25) is 5.02 Å². The molecule has 0 aliphatic carbocycles. The smallest absolute Gasteiger partial charge is 0.236 e. The number of halogens is 1. The van der Waals surface area contributed by atoms with Crippen LogP contribution in [0.4, 0.5) is 5.69 Å². The van der Waals surface area contributed by atoms with Crippen molar-refractivity contribution >= 4 is 40.5 Å². The number of nitrogens with one attached hydrogen (secondary N) is 1. The Morgan fingerprint density at radius 3 is 2.33 bits per heavy atom. The molecule has 0 spiro atoms. The number of benzene rings is 1. The lowest BCUT2D eigenvalue weighted by molar-refractivity contribution is -0.132. The summed E-state index contributed by atoms with van der Waals surface area (Å²) in [5, 5.41) is 4.73. The number of rotatable bonds is 3. The molecule has 7 heteroatoms. The van der Waals surface area contributed by atoms with Gasteiger partial charge in [0.15, 0.2) is 5.11 Å². The summed E-state index contributed by atoms with van der Waals surface area (Å²) in [5.74, 6) is 0.278. The predicted octanol–water partition coefficient (Wildman–Crippen LogP) is 3.37. The minimum atomic E-state index is 0.278. The zero-order valence-corrected chi connectivity index (χ0v) is 17.6. The van der Waals surface area contributed by atoms with Crippen LogP contribution in [-0.4, -0.2) is 71.5 Å². The molecule has 3 rings (SSSR count). The normalized spacial score (nSPS) is 18.9. The number of aryl methyl sites for hydroxylation is 1. The molecule has 2 aliphatic heterocycles. The number of anilines is 1. The summed E-state index contributed by atoms with van der Waals surface area (Å²) in [6, 6.07) is 5.88. The number of thiocarbonyl (C=S) groups is 1. The largest absolute Gasteiger partial charge is 0.346 e. The summed E-state index contributed by atoms with van der Waals surface area (Å²) in [7, 11) is 0. The fraction of sp³-hybridized carbons (Fsp3) is 0.600.